The minimum Gasteiger partial charge on any atom is -0.351 e. The lowest BCUT2D eigenvalue weighted by Crippen LogP contribution is -2.26. The van der Waals surface area contributed by atoms with E-state index in [0.29, 0.717) is 17.3 Å². The Balaban J connectivity index is 1.75. The molecule has 2 aromatic heterocycles. The standard InChI is InChI=1S/C11H13BrClN5O/c1-7-8(12)6-18(17-7)4-2-3-14-11(19)10-9(13)5-15-16-10/h5-6H,2-4H2,1H3,(H,14,19)(H,15,16). The molecule has 0 atom stereocenters. The van der Waals surface area contributed by atoms with Crippen LogP contribution in [0.25, 0.3) is 0 Å². The van der Waals surface area contributed by atoms with E-state index in [-0.39, 0.29) is 5.91 Å². The molecule has 0 aliphatic carbocycles. The normalized spacial score (nSPS) is 10.7. The van der Waals surface area contributed by atoms with Gasteiger partial charge in [-0.3, -0.25) is 14.6 Å². The van der Waals surface area contributed by atoms with Crippen LogP contribution in [0.15, 0.2) is 16.9 Å². The van der Waals surface area contributed by atoms with Gasteiger partial charge in [0.25, 0.3) is 5.91 Å². The van der Waals surface area contributed by atoms with E-state index >= 15 is 0 Å². The minimum absolute atomic E-state index is 0.250. The number of nitrogens with one attached hydrogen (secondary N) is 2. The molecule has 0 radical (unpaired) electrons. The number of rotatable bonds is 5. The fourth-order valence-electron chi connectivity index (χ4n) is 1.57. The van der Waals surface area contributed by atoms with Gasteiger partial charge in [-0.1, -0.05) is 11.6 Å². The highest BCUT2D eigenvalue weighted by atomic mass is 79.9. The molecule has 2 rings (SSSR count). The summed E-state index contributed by atoms with van der Waals surface area (Å²) in [6.45, 7) is 3.22. The maximum Gasteiger partial charge on any atom is 0.270 e. The van der Waals surface area contributed by atoms with Crippen LogP contribution >= 0.6 is 27.5 Å². The number of aromatic nitrogens is 4. The summed E-state index contributed by atoms with van der Waals surface area (Å²) in [5, 5.41) is 13.7. The molecule has 102 valence electrons. The molecule has 19 heavy (non-hydrogen) atoms. The Hall–Kier alpha value is -1.34. The average Bonchev–Trinajstić information content (AvgIpc) is 2.92. The number of H-pyrrole nitrogens is 1. The topological polar surface area (TPSA) is 75.6 Å². The number of hydrogen-bond acceptors (Lipinski definition) is 3. The zero-order valence-corrected chi connectivity index (χ0v) is 12.6. The molecule has 0 unspecified atom stereocenters. The third-order valence-corrected chi connectivity index (χ3v) is 3.62. The summed E-state index contributed by atoms with van der Waals surface area (Å²) in [6, 6.07) is 0. The number of aromatic amines is 1. The molecule has 0 fully saturated rings. The van der Waals surface area contributed by atoms with E-state index in [4.69, 9.17) is 11.6 Å². The summed E-state index contributed by atoms with van der Waals surface area (Å²) in [6.07, 6.45) is 4.11. The number of halogens is 2. The maximum atomic E-state index is 11.7. The van der Waals surface area contributed by atoms with Gasteiger partial charge in [0.15, 0.2) is 0 Å². The Morgan fingerprint density at radius 3 is 3.00 bits per heavy atom. The summed E-state index contributed by atoms with van der Waals surface area (Å²) in [7, 11) is 0. The maximum absolute atomic E-state index is 11.7. The Morgan fingerprint density at radius 1 is 1.63 bits per heavy atom. The average molecular weight is 347 g/mol. The number of aryl methyl sites for hydroxylation is 2. The lowest BCUT2D eigenvalue weighted by Gasteiger charge is -2.04. The monoisotopic (exact) mass is 345 g/mol. The fourth-order valence-corrected chi connectivity index (χ4v) is 2.06. The lowest BCUT2D eigenvalue weighted by molar-refractivity contribution is 0.0947. The van der Waals surface area contributed by atoms with Crippen molar-refractivity contribution in [3.05, 3.63) is 33.3 Å². The largest absolute Gasteiger partial charge is 0.351 e. The van der Waals surface area contributed by atoms with E-state index in [1.54, 1.807) is 0 Å². The number of carbonyl (C=O) groups is 1. The molecule has 0 bridgehead atoms. The predicted octanol–water partition coefficient (Wildman–Crippen LogP) is 2.15. The Kier molecular flexibility index (Phi) is 4.60. The van der Waals surface area contributed by atoms with Crippen molar-refractivity contribution in [3.8, 4) is 0 Å². The number of carbonyl (C=O) groups excluding carboxylic acids is 1. The van der Waals surface area contributed by atoms with Gasteiger partial charge >= 0.3 is 0 Å². The van der Waals surface area contributed by atoms with Gasteiger partial charge in [-0.25, -0.2) is 0 Å². The third kappa shape index (κ3) is 3.57. The molecule has 2 N–H and O–H groups in total. The van der Waals surface area contributed by atoms with Gasteiger partial charge in [-0.15, -0.1) is 0 Å². The molecule has 0 saturated carbocycles. The minimum atomic E-state index is -0.250. The second kappa shape index (κ2) is 6.21. The molecule has 2 aromatic rings. The van der Waals surface area contributed by atoms with E-state index in [2.05, 4.69) is 36.5 Å². The van der Waals surface area contributed by atoms with Crippen LogP contribution in [0.2, 0.25) is 5.02 Å². The number of hydrogen-bond donors (Lipinski definition) is 2. The van der Waals surface area contributed by atoms with E-state index in [9.17, 15) is 4.79 Å². The van der Waals surface area contributed by atoms with E-state index in [1.807, 2.05) is 17.8 Å². The first-order valence-corrected chi connectivity index (χ1v) is 6.91. The van der Waals surface area contributed by atoms with Gasteiger partial charge in [0.2, 0.25) is 0 Å². The summed E-state index contributed by atoms with van der Waals surface area (Å²) in [4.78, 5) is 11.7. The van der Waals surface area contributed by atoms with E-state index in [1.165, 1.54) is 6.20 Å². The highest BCUT2D eigenvalue weighted by Crippen LogP contribution is 2.13. The Morgan fingerprint density at radius 2 is 2.42 bits per heavy atom. The molecule has 0 spiro atoms. The molecule has 1 amide bonds. The zero-order valence-electron chi connectivity index (χ0n) is 10.3. The van der Waals surface area contributed by atoms with Crippen LogP contribution in [0.3, 0.4) is 0 Å². The van der Waals surface area contributed by atoms with E-state index < -0.39 is 0 Å². The fraction of sp³-hybridized carbons (Fsp3) is 0.364. The molecule has 8 heteroatoms. The Bertz CT molecular complexity index is 560. The van der Waals surface area contributed by atoms with Crippen LogP contribution in [0, 0.1) is 6.92 Å². The second-order valence-electron chi connectivity index (χ2n) is 4.03. The highest BCUT2D eigenvalue weighted by molar-refractivity contribution is 9.10. The summed E-state index contributed by atoms with van der Waals surface area (Å²) in [5.74, 6) is -0.250. The summed E-state index contributed by atoms with van der Waals surface area (Å²) >= 11 is 9.19. The number of nitrogens with zero attached hydrogens (tertiary/aromatic N) is 3. The first-order valence-electron chi connectivity index (χ1n) is 5.74. The smallest absolute Gasteiger partial charge is 0.270 e. The SMILES string of the molecule is Cc1nn(CCCNC(=O)c2[nH]ncc2Cl)cc1Br. The van der Waals surface area contributed by atoms with Crippen molar-refractivity contribution in [2.45, 2.75) is 19.9 Å². The third-order valence-electron chi connectivity index (χ3n) is 2.56. The molecule has 0 aromatic carbocycles. The van der Waals surface area contributed by atoms with E-state index in [0.717, 1.165) is 23.1 Å². The summed E-state index contributed by atoms with van der Waals surface area (Å²) < 4.78 is 2.83. The van der Waals surface area contributed by atoms with Gasteiger partial charge in [0, 0.05) is 19.3 Å². The highest BCUT2D eigenvalue weighted by Gasteiger charge is 2.11. The van der Waals surface area contributed by atoms with Gasteiger partial charge in [0.05, 0.1) is 21.4 Å². The van der Waals surface area contributed by atoms with Crippen LogP contribution in [0.5, 0.6) is 0 Å². The van der Waals surface area contributed by atoms with Crippen LogP contribution < -0.4 is 5.32 Å². The van der Waals surface area contributed by atoms with Gasteiger partial charge in [-0.2, -0.15) is 10.2 Å². The molecular weight excluding hydrogens is 334 g/mol. The second-order valence-corrected chi connectivity index (χ2v) is 5.29. The van der Waals surface area contributed by atoms with Crippen LogP contribution in [0.1, 0.15) is 22.6 Å². The van der Waals surface area contributed by atoms with Crippen molar-refractivity contribution in [2.24, 2.45) is 0 Å². The Labute approximate surface area is 123 Å². The molecule has 0 saturated heterocycles. The first-order chi connectivity index (χ1) is 9.08. The summed E-state index contributed by atoms with van der Waals surface area (Å²) in [5.41, 5.74) is 1.24. The molecule has 0 aliphatic rings. The van der Waals surface area contributed by atoms with Gasteiger partial charge < -0.3 is 5.32 Å². The van der Waals surface area contributed by atoms with Crippen LogP contribution in [-0.4, -0.2) is 32.4 Å². The van der Waals surface area contributed by atoms with Crippen LogP contribution in [0.4, 0.5) is 0 Å². The van der Waals surface area contributed by atoms with Crippen molar-refractivity contribution in [2.75, 3.05) is 6.54 Å². The lowest BCUT2D eigenvalue weighted by atomic mass is 10.3. The molecule has 2 heterocycles. The van der Waals surface area contributed by atoms with Gasteiger partial charge in [0.1, 0.15) is 5.69 Å². The van der Waals surface area contributed by atoms with Crippen molar-refractivity contribution in [3.63, 3.8) is 0 Å². The van der Waals surface area contributed by atoms with Crippen molar-refractivity contribution in [1.82, 2.24) is 25.3 Å². The van der Waals surface area contributed by atoms with Gasteiger partial charge in [-0.05, 0) is 29.3 Å². The molecule has 6 nitrogen and oxygen atoms in total. The number of amides is 1. The first kappa shape index (κ1) is 14.1. The molecule has 0 aliphatic heterocycles. The predicted molar refractivity (Wildman–Crippen MR) is 75.2 cm³/mol. The quantitative estimate of drug-likeness (QED) is 0.815. The zero-order chi connectivity index (χ0) is 13.8. The van der Waals surface area contributed by atoms with Crippen molar-refractivity contribution >= 4 is 33.4 Å². The van der Waals surface area contributed by atoms with Crippen LogP contribution in [-0.2, 0) is 6.54 Å². The molecular formula is C11H13BrClN5O. The van der Waals surface area contributed by atoms with Crippen molar-refractivity contribution < 1.29 is 4.79 Å². The van der Waals surface area contributed by atoms with Crippen molar-refractivity contribution in [1.29, 1.82) is 0 Å².